The first-order valence-corrected chi connectivity index (χ1v) is 6.94. The molecule has 0 saturated carbocycles. The molecule has 0 aliphatic carbocycles. The average Bonchev–Trinajstić information content (AvgIpc) is 2.27. The number of halogens is 2. The second kappa shape index (κ2) is 9.01. The molecule has 2 saturated heterocycles. The van der Waals surface area contributed by atoms with Gasteiger partial charge in [0.15, 0.2) is 0 Å². The fourth-order valence-electron chi connectivity index (χ4n) is 2.67. The molecule has 2 N–H and O–H groups in total. The van der Waals surface area contributed by atoms with E-state index in [0.717, 1.165) is 32.6 Å². The van der Waals surface area contributed by atoms with E-state index in [2.05, 4.69) is 29.4 Å². The van der Waals surface area contributed by atoms with E-state index in [4.69, 9.17) is 0 Å². The van der Waals surface area contributed by atoms with Gasteiger partial charge in [0.05, 0.1) is 0 Å². The Morgan fingerprint density at radius 1 is 1.42 bits per heavy atom. The summed E-state index contributed by atoms with van der Waals surface area (Å²) in [7, 11) is 0. The van der Waals surface area contributed by atoms with E-state index in [0.29, 0.717) is 12.0 Å². The first-order valence-electron chi connectivity index (χ1n) is 6.94. The first-order chi connectivity index (χ1) is 8.20. The molecule has 2 aliphatic heterocycles. The molecule has 0 aromatic carbocycles. The van der Waals surface area contributed by atoms with Crippen molar-refractivity contribution in [3.05, 3.63) is 0 Å². The van der Waals surface area contributed by atoms with Crippen LogP contribution in [0.2, 0.25) is 0 Å². The number of hydrogen-bond donors (Lipinski definition) is 2. The molecule has 0 aromatic heterocycles. The summed E-state index contributed by atoms with van der Waals surface area (Å²) in [5.41, 5.74) is 0. The second-order valence-electron chi connectivity index (χ2n) is 5.45. The summed E-state index contributed by atoms with van der Waals surface area (Å²) < 4.78 is 0. The minimum absolute atomic E-state index is 0. The Labute approximate surface area is 128 Å². The maximum atomic E-state index is 12.1. The van der Waals surface area contributed by atoms with E-state index in [1.54, 1.807) is 0 Å². The Hall–Kier alpha value is -0.0300. The number of carbonyl (C=O) groups excluding carboxylic acids is 1. The maximum absolute atomic E-state index is 12.1. The van der Waals surface area contributed by atoms with Gasteiger partial charge in [-0.3, -0.25) is 4.79 Å². The van der Waals surface area contributed by atoms with Crippen molar-refractivity contribution in [3.8, 4) is 0 Å². The molecule has 2 fully saturated rings. The summed E-state index contributed by atoms with van der Waals surface area (Å²) in [6.07, 6.45) is 2.34. The van der Waals surface area contributed by atoms with Crippen LogP contribution in [0.4, 0.5) is 0 Å². The van der Waals surface area contributed by atoms with Crippen molar-refractivity contribution >= 4 is 30.7 Å². The van der Waals surface area contributed by atoms with Gasteiger partial charge < -0.3 is 15.5 Å². The van der Waals surface area contributed by atoms with Crippen LogP contribution in [0.25, 0.3) is 0 Å². The molecule has 0 spiro atoms. The van der Waals surface area contributed by atoms with Gasteiger partial charge in [-0.05, 0) is 44.9 Å². The number of carbonyl (C=O) groups is 1. The molecule has 0 radical (unpaired) electrons. The molecule has 2 unspecified atom stereocenters. The number of amides is 1. The lowest BCUT2D eigenvalue weighted by Crippen LogP contribution is -2.53. The summed E-state index contributed by atoms with van der Waals surface area (Å²) in [6.45, 7) is 9.55. The number of nitrogens with zero attached hydrogens (tertiary/aromatic N) is 1. The third-order valence-electron chi connectivity index (χ3n) is 4.23. The number of hydrogen-bond acceptors (Lipinski definition) is 3. The lowest BCUT2D eigenvalue weighted by molar-refractivity contribution is -0.127. The molecule has 0 bridgehead atoms. The first kappa shape index (κ1) is 19.0. The molecule has 114 valence electrons. The summed E-state index contributed by atoms with van der Waals surface area (Å²) >= 11 is 0. The minimum atomic E-state index is 0. The van der Waals surface area contributed by atoms with Gasteiger partial charge in [-0.2, -0.15) is 0 Å². The quantitative estimate of drug-likeness (QED) is 0.822. The Kier molecular flexibility index (Phi) is 8.99. The Morgan fingerprint density at radius 2 is 2.11 bits per heavy atom. The SMILES string of the molecule is CCN1CCCC(NC(=O)C(C)C2CNC2)C1.Cl.Cl. The van der Waals surface area contributed by atoms with Crippen LogP contribution in [0.15, 0.2) is 0 Å². The zero-order valence-electron chi connectivity index (χ0n) is 11.9. The van der Waals surface area contributed by atoms with Crippen LogP contribution in [0.1, 0.15) is 26.7 Å². The van der Waals surface area contributed by atoms with Crippen LogP contribution in [-0.4, -0.2) is 49.6 Å². The average molecular weight is 312 g/mol. The highest BCUT2D eigenvalue weighted by Gasteiger charge is 2.30. The molecule has 1 amide bonds. The molecular formula is C13H27Cl2N3O. The highest BCUT2D eigenvalue weighted by molar-refractivity contribution is 5.85. The predicted octanol–water partition coefficient (Wildman–Crippen LogP) is 1.29. The van der Waals surface area contributed by atoms with Crippen LogP contribution in [0.3, 0.4) is 0 Å². The van der Waals surface area contributed by atoms with Crippen LogP contribution >= 0.6 is 24.8 Å². The van der Waals surface area contributed by atoms with Crippen molar-refractivity contribution in [1.82, 2.24) is 15.5 Å². The van der Waals surface area contributed by atoms with Gasteiger partial charge in [-0.15, -0.1) is 24.8 Å². The van der Waals surface area contributed by atoms with Crippen molar-refractivity contribution in [2.75, 3.05) is 32.7 Å². The summed E-state index contributed by atoms with van der Waals surface area (Å²) in [5.74, 6) is 0.952. The highest BCUT2D eigenvalue weighted by atomic mass is 35.5. The second-order valence-corrected chi connectivity index (χ2v) is 5.45. The third-order valence-corrected chi connectivity index (χ3v) is 4.23. The van der Waals surface area contributed by atoms with E-state index in [9.17, 15) is 4.79 Å². The van der Waals surface area contributed by atoms with E-state index in [1.807, 2.05) is 0 Å². The maximum Gasteiger partial charge on any atom is 0.223 e. The van der Waals surface area contributed by atoms with E-state index >= 15 is 0 Å². The van der Waals surface area contributed by atoms with Gasteiger partial charge in [-0.1, -0.05) is 13.8 Å². The molecule has 2 heterocycles. The number of piperidine rings is 1. The van der Waals surface area contributed by atoms with Crippen molar-refractivity contribution in [2.24, 2.45) is 11.8 Å². The Balaban J connectivity index is 0.00000162. The molecule has 2 rings (SSSR count). The molecule has 2 aliphatic rings. The van der Waals surface area contributed by atoms with Crippen LogP contribution in [0, 0.1) is 11.8 Å². The van der Waals surface area contributed by atoms with Gasteiger partial charge in [0.2, 0.25) is 5.91 Å². The number of likely N-dealkylation sites (tertiary alicyclic amines) is 1. The fourth-order valence-corrected chi connectivity index (χ4v) is 2.67. The van der Waals surface area contributed by atoms with Crippen LogP contribution < -0.4 is 10.6 Å². The van der Waals surface area contributed by atoms with E-state index < -0.39 is 0 Å². The molecule has 6 heteroatoms. The minimum Gasteiger partial charge on any atom is -0.352 e. The zero-order chi connectivity index (χ0) is 12.3. The number of rotatable bonds is 4. The third kappa shape index (κ3) is 5.10. The largest absolute Gasteiger partial charge is 0.352 e. The summed E-state index contributed by atoms with van der Waals surface area (Å²) in [5, 5.41) is 6.45. The number of nitrogens with one attached hydrogen (secondary N) is 2. The van der Waals surface area contributed by atoms with Gasteiger partial charge in [0, 0.05) is 18.5 Å². The van der Waals surface area contributed by atoms with Crippen LogP contribution in [-0.2, 0) is 4.79 Å². The fraction of sp³-hybridized carbons (Fsp3) is 0.923. The van der Waals surface area contributed by atoms with Gasteiger partial charge in [0.1, 0.15) is 0 Å². The van der Waals surface area contributed by atoms with Gasteiger partial charge in [-0.25, -0.2) is 0 Å². The van der Waals surface area contributed by atoms with Crippen LogP contribution in [0.5, 0.6) is 0 Å². The zero-order valence-corrected chi connectivity index (χ0v) is 13.5. The summed E-state index contributed by atoms with van der Waals surface area (Å²) in [6, 6.07) is 0.367. The molecule has 2 atom stereocenters. The molecular weight excluding hydrogens is 285 g/mol. The van der Waals surface area contributed by atoms with Gasteiger partial charge in [0.25, 0.3) is 0 Å². The smallest absolute Gasteiger partial charge is 0.223 e. The Morgan fingerprint density at radius 3 is 2.63 bits per heavy atom. The monoisotopic (exact) mass is 311 g/mol. The standard InChI is InChI=1S/C13H25N3O.2ClH/c1-3-16-6-4-5-12(9-16)15-13(17)10(2)11-7-14-8-11;;/h10-12,14H,3-9H2,1-2H3,(H,15,17);2*1H. The van der Waals surface area contributed by atoms with Crippen molar-refractivity contribution in [1.29, 1.82) is 0 Å². The molecule has 4 nitrogen and oxygen atoms in total. The lowest BCUT2D eigenvalue weighted by Gasteiger charge is -2.35. The number of likely N-dealkylation sites (N-methyl/N-ethyl adjacent to an activating group) is 1. The van der Waals surface area contributed by atoms with Crippen molar-refractivity contribution < 1.29 is 4.79 Å². The molecule has 19 heavy (non-hydrogen) atoms. The predicted molar refractivity (Wildman–Crippen MR) is 83.3 cm³/mol. The molecule has 0 aromatic rings. The van der Waals surface area contributed by atoms with Crippen molar-refractivity contribution in [2.45, 2.75) is 32.7 Å². The van der Waals surface area contributed by atoms with Crippen molar-refractivity contribution in [3.63, 3.8) is 0 Å². The normalized spacial score (nSPS) is 25.5. The van der Waals surface area contributed by atoms with E-state index in [-0.39, 0.29) is 36.6 Å². The lowest BCUT2D eigenvalue weighted by atomic mass is 9.88. The topological polar surface area (TPSA) is 44.4 Å². The highest BCUT2D eigenvalue weighted by Crippen LogP contribution is 2.17. The summed E-state index contributed by atoms with van der Waals surface area (Å²) in [4.78, 5) is 14.5. The van der Waals surface area contributed by atoms with Gasteiger partial charge >= 0.3 is 0 Å². The van der Waals surface area contributed by atoms with E-state index in [1.165, 1.54) is 13.0 Å². The Bertz CT molecular complexity index is 275.